The molecule has 7 rings (SSSR count). The van der Waals surface area contributed by atoms with Crippen molar-refractivity contribution in [1.82, 2.24) is 0 Å². The first kappa shape index (κ1) is 36.0. The Labute approximate surface area is 310 Å². The summed E-state index contributed by atoms with van der Waals surface area (Å²) in [6, 6.07) is 43.4. The summed E-state index contributed by atoms with van der Waals surface area (Å²) in [6.45, 7) is 4.78. The number of ketones is 1. The van der Waals surface area contributed by atoms with Crippen molar-refractivity contribution in [3.05, 3.63) is 172 Å². The van der Waals surface area contributed by atoms with Gasteiger partial charge in [-0.25, -0.2) is 0 Å². The van der Waals surface area contributed by atoms with Gasteiger partial charge in [-0.3, -0.25) is 4.79 Å². The molecule has 0 unspecified atom stereocenters. The van der Waals surface area contributed by atoms with E-state index in [1.165, 1.54) is 6.92 Å². The molecule has 2 bridgehead atoms. The number of carbonyl (C=O) groups is 1. The Bertz CT molecular complexity index is 1920. The van der Waals surface area contributed by atoms with Crippen LogP contribution in [0.15, 0.2) is 133 Å². The van der Waals surface area contributed by atoms with Gasteiger partial charge in [-0.15, -0.1) is 0 Å². The summed E-state index contributed by atoms with van der Waals surface area (Å²) in [6.07, 6.45) is -1.94. The first-order valence-electron chi connectivity index (χ1n) is 17.7. The van der Waals surface area contributed by atoms with Gasteiger partial charge in [-0.05, 0) is 72.4 Å². The fourth-order valence-electron chi connectivity index (χ4n) is 7.06. The highest BCUT2D eigenvalue weighted by atomic mass is 35.5. The molecule has 2 fully saturated rings. The maximum absolute atomic E-state index is 13.9. The summed E-state index contributed by atoms with van der Waals surface area (Å²) in [4.78, 5) is 13.9. The van der Waals surface area contributed by atoms with E-state index in [0.717, 1.165) is 33.6 Å². The molecule has 5 atom stereocenters. The van der Waals surface area contributed by atoms with Gasteiger partial charge < -0.3 is 28.4 Å². The quantitative estimate of drug-likeness (QED) is 0.107. The SMILES string of the molecule is CCOc1ccc(Cc2cc([C@]34OC[C@](C(C)=O)(O3)[C@@H](OCc3ccccc3)[C@H](OCc3ccccc3)[C@H]4OCc3ccccc3)ccc2Cl)cc1. The van der Waals surface area contributed by atoms with Gasteiger partial charge in [0.05, 0.1) is 33.0 Å². The van der Waals surface area contributed by atoms with Crippen LogP contribution in [0.3, 0.4) is 0 Å². The number of benzene rings is 5. The first-order chi connectivity index (χ1) is 25.4. The van der Waals surface area contributed by atoms with Gasteiger partial charge in [0.15, 0.2) is 11.4 Å². The minimum atomic E-state index is -1.52. The third kappa shape index (κ3) is 7.57. The molecule has 5 aromatic rings. The highest BCUT2D eigenvalue weighted by molar-refractivity contribution is 6.31. The van der Waals surface area contributed by atoms with Gasteiger partial charge in [-0.2, -0.15) is 0 Å². The number of fused-ring (bicyclic) bond motifs is 2. The highest BCUT2D eigenvalue weighted by Gasteiger charge is 2.71. The minimum Gasteiger partial charge on any atom is -0.494 e. The molecule has 2 saturated heterocycles. The normalized spacial score (nSPS) is 23.7. The molecule has 268 valence electrons. The van der Waals surface area contributed by atoms with Crippen molar-refractivity contribution < 1.29 is 33.2 Å². The van der Waals surface area contributed by atoms with Crippen LogP contribution in [0.5, 0.6) is 5.75 Å². The smallest absolute Gasteiger partial charge is 0.226 e. The largest absolute Gasteiger partial charge is 0.494 e. The lowest BCUT2D eigenvalue weighted by Gasteiger charge is -2.50. The first-order valence-corrected chi connectivity index (χ1v) is 18.1. The van der Waals surface area contributed by atoms with Crippen LogP contribution >= 0.6 is 11.6 Å². The molecular formula is C44H43ClO7. The number of hydrogen-bond acceptors (Lipinski definition) is 7. The molecule has 2 aliphatic heterocycles. The number of hydrogen-bond donors (Lipinski definition) is 0. The number of halogens is 1. The van der Waals surface area contributed by atoms with Crippen molar-refractivity contribution in [2.45, 2.75) is 69.8 Å². The lowest BCUT2D eigenvalue weighted by Crippen LogP contribution is -2.68. The molecular weight excluding hydrogens is 676 g/mol. The van der Waals surface area contributed by atoms with Gasteiger partial charge in [0.2, 0.25) is 5.79 Å². The molecule has 2 aliphatic rings. The summed E-state index contributed by atoms with van der Waals surface area (Å²) < 4.78 is 39.9. The van der Waals surface area contributed by atoms with Crippen LogP contribution in [0, 0.1) is 0 Å². The molecule has 0 N–H and O–H groups in total. The van der Waals surface area contributed by atoms with Crippen molar-refractivity contribution in [3.63, 3.8) is 0 Å². The predicted octanol–water partition coefficient (Wildman–Crippen LogP) is 8.63. The van der Waals surface area contributed by atoms with E-state index in [1.54, 1.807) is 0 Å². The van der Waals surface area contributed by atoms with Gasteiger partial charge in [-0.1, -0.05) is 121 Å². The van der Waals surface area contributed by atoms with E-state index in [0.29, 0.717) is 23.6 Å². The van der Waals surface area contributed by atoms with E-state index in [9.17, 15) is 4.79 Å². The van der Waals surface area contributed by atoms with Crippen LogP contribution in [-0.4, -0.2) is 42.9 Å². The maximum Gasteiger partial charge on any atom is 0.226 e. The van der Waals surface area contributed by atoms with E-state index < -0.39 is 29.7 Å². The molecule has 52 heavy (non-hydrogen) atoms. The summed E-state index contributed by atoms with van der Waals surface area (Å²) >= 11 is 6.85. The Morgan fingerprint density at radius 3 is 1.83 bits per heavy atom. The lowest BCUT2D eigenvalue weighted by molar-refractivity contribution is -0.342. The van der Waals surface area contributed by atoms with Crippen molar-refractivity contribution in [3.8, 4) is 5.75 Å². The Balaban J connectivity index is 1.31. The zero-order valence-corrected chi connectivity index (χ0v) is 30.2. The summed E-state index contributed by atoms with van der Waals surface area (Å²) in [5.74, 6) is -0.928. The van der Waals surface area contributed by atoms with E-state index in [-0.39, 0.29) is 32.2 Å². The average Bonchev–Trinajstić information content (AvgIpc) is 3.55. The van der Waals surface area contributed by atoms with E-state index in [2.05, 4.69) is 0 Å². The van der Waals surface area contributed by atoms with Crippen LogP contribution in [0.4, 0.5) is 0 Å². The number of Topliss-reactive ketones (excluding diaryl/α,β-unsaturated/α-hetero) is 1. The van der Waals surface area contributed by atoms with E-state index in [4.69, 9.17) is 40.0 Å². The predicted molar refractivity (Wildman–Crippen MR) is 199 cm³/mol. The lowest BCUT2D eigenvalue weighted by atomic mass is 9.80. The molecule has 2 heterocycles. The summed E-state index contributed by atoms with van der Waals surface area (Å²) in [5, 5.41) is 0.600. The minimum absolute atomic E-state index is 0.0466. The van der Waals surface area contributed by atoms with Crippen molar-refractivity contribution in [1.29, 1.82) is 0 Å². The average molecular weight is 719 g/mol. The summed E-state index contributed by atoms with van der Waals surface area (Å²) in [5.41, 5.74) is 4.03. The molecule has 0 aliphatic carbocycles. The van der Waals surface area contributed by atoms with Crippen LogP contribution in [-0.2, 0) is 60.5 Å². The maximum atomic E-state index is 13.9. The molecule has 7 nitrogen and oxygen atoms in total. The fraction of sp³-hybridized carbons (Fsp3) is 0.295. The van der Waals surface area contributed by atoms with Gasteiger partial charge in [0.25, 0.3) is 0 Å². The van der Waals surface area contributed by atoms with Gasteiger partial charge in [0, 0.05) is 10.6 Å². The second-order valence-electron chi connectivity index (χ2n) is 13.3. The van der Waals surface area contributed by atoms with Gasteiger partial charge >= 0.3 is 0 Å². The standard InChI is InChI=1S/C44H43ClO7/c1-3-47-38-22-19-32(20-23-38)25-36-26-37(21-24-39(36)45)44-42(50-29-35-17-11-6-12-18-35)40(48-27-33-13-7-4-8-14-33)41(43(52-44,30-51-44)31(2)46)49-28-34-15-9-5-10-16-34/h4-24,26,40-42H,3,25,27-30H2,1-2H3/t40-,41-,42+,43+,44-/m0/s1. The van der Waals surface area contributed by atoms with E-state index >= 15 is 0 Å². The molecule has 5 aromatic carbocycles. The molecule has 8 heteroatoms. The molecule has 0 aromatic heterocycles. The molecule has 0 radical (unpaired) electrons. The van der Waals surface area contributed by atoms with Crippen LogP contribution in [0.25, 0.3) is 0 Å². The monoisotopic (exact) mass is 718 g/mol. The van der Waals surface area contributed by atoms with Crippen molar-refractivity contribution in [2.75, 3.05) is 13.2 Å². The zero-order valence-electron chi connectivity index (χ0n) is 29.4. The second kappa shape index (κ2) is 16.1. The number of rotatable bonds is 15. The Hall–Kier alpha value is -4.34. The fourth-order valence-corrected chi connectivity index (χ4v) is 7.24. The van der Waals surface area contributed by atoms with Crippen LogP contribution in [0.1, 0.15) is 47.2 Å². The second-order valence-corrected chi connectivity index (χ2v) is 13.7. The van der Waals surface area contributed by atoms with Crippen LogP contribution in [0.2, 0.25) is 5.02 Å². The third-order valence-electron chi connectivity index (χ3n) is 9.77. The van der Waals surface area contributed by atoms with Crippen LogP contribution < -0.4 is 4.74 Å². The van der Waals surface area contributed by atoms with Gasteiger partial charge in [0.1, 0.15) is 24.1 Å². The topological polar surface area (TPSA) is 72.5 Å². The summed E-state index contributed by atoms with van der Waals surface area (Å²) in [7, 11) is 0. The molecule has 0 amide bonds. The Morgan fingerprint density at radius 2 is 1.27 bits per heavy atom. The van der Waals surface area contributed by atoms with Crippen molar-refractivity contribution >= 4 is 17.4 Å². The number of carbonyl (C=O) groups excluding carboxylic acids is 1. The molecule has 0 spiro atoms. The van der Waals surface area contributed by atoms with Crippen molar-refractivity contribution in [2.24, 2.45) is 0 Å². The van der Waals surface area contributed by atoms with E-state index in [1.807, 2.05) is 140 Å². The number of ether oxygens (including phenoxy) is 6. The molecule has 0 saturated carbocycles. The Kier molecular flexibility index (Phi) is 11.2. The third-order valence-corrected chi connectivity index (χ3v) is 10.1. The Morgan fingerprint density at radius 1 is 0.712 bits per heavy atom. The highest BCUT2D eigenvalue weighted by Crippen LogP contribution is 2.53. The zero-order chi connectivity index (χ0) is 36.0.